The zero-order valence-corrected chi connectivity index (χ0v) is 16.7. The lowest BCUT2D eigenvalue weighted by molar-refractivity contribution is -0.119. The molecule has 1 N–H and O–H groups in total. The molecule has 1 aromatic carbocycles. The first kappa shape index (κ1) is 20.0. The predicted octanol–water partition coefficient (Wildman–Crippen LogP) is 2.96. The Morgan fingerprint density at radius 1 is 1.18 bits per heavy atom. The van der Waals surface area contributed by atoms with E-state index < -0.39 is 0 Å². The molecule has 146 valence electrons. The van der Waals surface area contributed by atoms with Gasteiger partial charge in [-0.3, -0.25) is 14.3 Å². The molecule has 0 aliphatic carbocycles. The van der Waals surface area contributed by atoms with E-state index in [9.17, 15) is 4.79 Å². The fourth-order valence-electron chi connectivity index (χ4n) is 2.73. The van der Waals surface area contributed by atoms with Crippen LogP contribution in [-0.2, 0) is 16.1 Å². The van der Waals surface area contributed by atoms with E-state index in [2.05, 4.69) is 20.5 Å². The summed E-state index contributed by atoms with van der Waals surface area (Å²) in [5.74, 6) is 0.951. The quantitative estimate of drug-likeness (QED) is 0.559. The number of nitrogens with zero attached hydrogens (tertiary/aromatic N) is 4. The third-order valence-corrected chi connectivity index (χ3v) is 5.15. The van der Waals surface area contributed by atoms with Crippen LogP contribution in [0.3, 0.4) is 0 Å². The molecule has 2 heterocycles. The number of hydrogen-bond donors (Lipinski definition) is 1. The van der Waals surface area contributed by atoms with Crippen molar-refractivity contribution in [3.8, 4) is 11.4 Å². The largest absolute Gasteiger partial charge is 0.383 e. The minimum absolute atomic E-state index is 0.0481. The lowest BCUT2D eigenvalue weighted by Crippen LogP contribution is -2.28. The highest BCUT2D eigenvalue weighted by Gasteiger charge is 2.16. The maximum atomic E-state index is 12.4. The Bertz CT molecular complexity index is 886. The third kappa shape index (κ3) is 5.17. The smallest absolute Gasteiger partial charge is 0.230 e. The van der Waals surface area contributed by atoms with Gasteiger partial charge in [0.2, 0.25) is 5.91 Å². The highest BCUT2D eigenvalue weighted by atomic mass is 32.2. The molecule has 7 nitrogen and oxygen atoms in total. The first-order chi connectivity index (χ1) is 13.7. The molecule has 0 saturated heterocycles. The van der Waals surface area contributed by atoms with Gasteiger partial charge in [-0.2, -0.15) is 0 Å². The number of thioether (sulfide) groups is 1. The van der Waals surface area contributed by atoms with Crippen LogP contribution in [0.25, 0.3) is 11.4 Å². The van der Waals surface area contributed by atoms with Crippen LogP contribution in [-0.4, -0.2) is 45.1 Å². The number of hydrogen-bond acceptors (Lipinski definition) is 6. The van der Waals surface area contributed by atoms with Crippen molar-refractivity contribution in [2.24, 2.45) is 0 Å². The lowest BCUT2D eigenvalue weighted by Gasteiger charge is -2.14. The number of pyridine rings is 1. The molecule has 0 radical (unpaired) electrons. The number of nitrogens with one attached hydrogen (secondary N) is 1. The summed E-state index contributed by atoms with van der Waals surface area (Å²) in [6, 6.07) is 13.6. The zero-order chi connectivity index (χ0) is 19.8. The molecule has 0 aliphatic heterocycles. The second-order valence-corrected chi connectivity index (χ2v) is 7.12. The molecule has 0 aliphatic rings. The van der Waals surface area contributed by atoms with Gasteiger partial charge in [-0.05, 0) is 24.6 Å². The van der Waals surface area contributed by atoms with Crippen molar-refractivity contribution < 1.29 is 9.53 Å². The van der Waals surface area contributed by atoms with E-state index in [1.807, 2.05) is 54.0 Å². The highest BCUT2D eigenvalue weighted by Crippen LogP contribution is 2.23. The Kier molecular flexibility index (Phi) is 7.16. The van der Waals surface area contributed by atoms with Crippen LogP contribution in [0.4, 0.5) is 0 Å². The third-order valence-electron chi connectivity index (χ3n) is 4.18. The first-order valence-corrected chi connectivity index (χ1v) is 9.97. The summed E-state index contributed by atoms with van der Waals surface area (Å²) in [5.41, 5.74) is 2.00. The molecule has 8 heteroatoms. The van der Waals surface area contributed by atoms with E-state index in [-0.39, 0.29) is 17.7 Å². The van der Waals surface area contributed by atoms with Gasteiger partial charge in [-0.15, -0.1) is 10.2 Å². The van der Waals surface area contributed by atoms with Gasteiger partial charge in [0, 0.05) is 25.1 Å². The molecule has 1 amide bonds. The van der Waals surface area contributed by atoms with E-state index in [0.717, 1.165) is 17.0 Å². The zero-order valence-electron chi connectivity index (χ0n) is 15.9. The SMILES string of the molecule is COCCn1c(SCC(=O)NC(C)c2ccccc2)nnc1-c1ccncc1. The summed E-state index contributed by atoms with van der Waals surface area (Å²) in [7, 11) is 1.65. The van der Waals surface area contributed by atoms with E-state index in [4.69, 9.17) is 4.74 Å². The minimum atomic E-state index is -0.0481. The number of amides is 1. The van der Waals surface area contributed by atoms with Crippen LogP contribution in [0.1, 0.15) is 18.5 Å². The van der Waals surface area contributed by atoms with E-state index in [0.29, 0.717) is 18.3 Å². The summed E-state index contributed by atoms with van der Waals surface area (Å²) in [6.45, 7) is 3.10. The van der Waals surface area contributed by atoms with Gasteiger partial charge in [0.1, 0.15) is 0 Å². The molecule has 0 saturated carbocycles. The Balaban J connectivity index is 1.66. The van der Waals surface area contributed by atoms with Crippen molar-refractivity contribution in [1.82, 2.24) is 25.1 Å². The average Bonchev–Trinajstić information content (AvgIpc) is 3.14. The molecule has 0 fully saturated rings. The van der Waals surface area contributed by atoms with Gasteiger partial charge in [0.25, 0.3) is 0 Å². The van der Waals surface area contributed by atoms with Gasteiger partial charge >= 0.3 is 0 Å². The van der Waals surface area contributed by atoms with Crippen molar-refractivity contribution in [2.75, 3.05) is 19.5 Å². The van der Waals surface area contributed by atoms with E-state index in [1.165, 1.54) is 11.8 Å². The van der Waals surface area contributed by atoms with Crippen molar-refractivity contribution in [2.45, 2.75) is 24.7 Å². The summed E-state index contributed by atoms with van der Waals surface area (Å²) in [4.78, 5) is 16.4. The number of carbonyl (C=O) groups is 1. The molecule has 3 aromatic rings. The number of ether oxygens (including phenoxy) is 1. The summed E-state index contributed by atoms with van der Waals surface area (Å²) in [5, 5.41) is 12.3. The Morgan fingerprint density at radius 3 is 2.64 bits per heavy atom. The molecular weight excluding hydrogens is 374 g/mol. The lowest BCUT2D eigenvalue weighted by atomic mass is 10.1. The van der Waals surface area contributed by atoms with Gasteiger partial charge < -0.3 is 10.1 Å². The standard InChI is InChI=1S/C20H23N5O2S/c1-15(16-6-4-3-5-7-16)22-18(26)14-28-20-24-23-19(25(20)12-13-27-2)17-8-10-21-11-9-17/h3-11,15H,12-14H2,1-2H3,(H,22,26). The monoisotopic (exact) mass is 397 g/mol. The fourth-order valence-corrected chi connectivity index (χ4v) is 3.51. The molecule has 1 unspecified atom stereocenters. The molecule has 28 heavy (non-hydrogen) atoms. The molecule has 0 bridgehead atoms. The molecule has 2 aromatic heterocycles. The van der Waals surface area contributed by atoms with Gasteiger partial charge in [0.15, 0.2) is 11.0 Å². The van der Waals surface area contributed by atoms with Crippen LogP contribution < -0.4 is 5.32 Å². The normalized spacial score (nSPS) is 11.9. The molecule has 0 spiro atoms. The fraction of sp³-hybridized carbons (Fsp3) is 0.300. The Morgan fingerprint density at radius 2 is 1.93 bits per heavy atom. The van der Waals surface area contributed by atoms with E-state index in [1.54, 1.807) is 19.5 Å². The number of rotatable bonds is 9. The van der Waals surface area contributed by atoms with Crippen molar-refractivity contribution in [3.05, 3.63) is 60.4 Å². The van der Waals surface area contributed by atoms with Crippen LogP contribution in [0.15, 0.2) is 60.0 Å². The first-order valence-electron chi connectivity index (χ1n) is 8.98. The number of benzene rings is 1. The second-order valence-electron chi connectivity index (χ2n) is 6.18. The number of methoxy groups -OCH3 is 1. The Labute approximate surface area is 168 Å². The van der Waals surface area contributed by atoms with Crippen molar-refractivity contribution >= 4 is 17.7 Å². The summed E-state index contributed by atoms with van der Waals surface area (Å²) >= 11 is 1.36. The van der Waals surface area contributed by atoms with Gasteiger partial charge in [0.05, 0.1) is 24.9 Å². The minimum Gasteiger partial charge on any atom is -0.383 e. The summed E-state index contributed by atoms with van der Waals surface area (Å²) < 4.78 is 7.18. The Hall–Kier alpha value is -2.71. The van der Waals surface area contributed by atoms with Crippen LogP contribution >= 0.6 is 11.8 Å². The topological polar surface area (TPSA) is 81.9 Å². The maximum Gasteiger partial charge on any atom is 0.230 e. The predicted molar refractivity (Wildman–Crippen MR) is 109 cm³/mol. The van der Waals surface area contributed by atoms with Crippen LogP contribution in [0.5, 0.6) is 0 Å². The number of carbonyl (C=O) groups excluding carboxylic acids is 1. The summed E-state index contributed by atoms with van der Waals surface area (Å²) in [6.07, 6.45) is 3.44. The van der Waals surface area contributed by atoms with Crippen molar-refractivity contribution in [3.63, 3.8) is 0 Å². The molecule has 3 rings (SSSR count). The maximum absolute atomic E-state index is 12.4. The van der Waals surface area contributed by atoms with Crippen LogP contribution in [0.2, 0.25) is 0 Å². The average molecular weight is 398 g/mol. The second kappa shape index (κ2) is 10.0. The van der Waals surface area contributed by atoms with Gasteiger partial charge in [-0.25, -0.2) is 0 Å². The van der Waals surface area contributed by atoms with Gasteiger partial charge in [-0.1, -0.05) is 42.1 Å². The van der Waals surface area contributed by atoms with E-state index >= 15 is 0 Å². The highest BCUT2D eigenvalue weighted by molar-refractivity contribution is 7.99. The van der Waals surface area contributed by atoms with Crippen molar-refractivity contribution in [1.29, 1.82) is 0 Å². The van der Waals surface area contributed by atoms with Crippen LogP contribution in [0, 0.1) is 0 Å². The molecular formula is C20H23N5O2S. The molecule has 1 atom stereocenters. The number of aromatic nitrogens is 4.